The lowest BCUT2D eigenvalue weighted by Crippen LogP contribution is -2.34. The van der Waals surface area contributed by atoms with Gasteiger partial charge in [0.15, 0.2) is 23.7 Å². The molecular formula is C15H11F3N4O5S. The Balaban J connectivity index is 2.69. The molecule has 0 N–H and O–H groups in total. The number of benzene rings is 1. The van der Waals surface area contributed by atoms with Crippen LogP contribution in [0.5, 0.6) is 0 Å². The van der Waals surface area contributed by atoms with E-state index in [1.165, 1.54) is 0 Å². The number of para-hydroxylation sites is 1. The summed E-state index contributed by atoms with van der Waals surface area (Å²) in [5.41, 5.74) is -1.64. The summed E-state index contributed by atoms with van der Waals surface area (Å²) >= 11 is 0. The standard InChI is InChI=1S/C15H11F3N4O5S/c1-7(24)13-19-10(6-23)20-14(21-13)12(25)8-4-3-5-9(16)11(8)22(2)28(26,27)15(17)18/h3-6,15H,1-2H3. The van der Waals surface area contributed by atoms with Crippen molar-refractivity contribution in [1.29, 1.82) is 0 Å². The number of aldehydes is 1. The van der Waals surface area contributed by atoms with Crippen LogP contribution in [-0.4, -0.2) is 54.0 Å². The molecule has 28 heavy (non-hydrogen) atoms. The molecule has 1 aromatic heterocycles. The van der Waals surface area contributed by atoms with E-state index in [1.54, 1.807) is 0 Å². The number of anilines is 1. The molecule has 0 atom stereocenters. The SMILES string of the molecule is CC(=O)c1nc(C=O)nc(C(=O)c2cccc(F)c2N(C)S(=O)(=O)C(F)F)n1. The highest BCUT2D eigenvalue weighted by Crippen LogP contribution is 2.29. The zero-order valence-corrected chi connectivity index (χ0v) is 15.1. The smallest absolute Gasteiger partial charge is 0.294 e. The summed E-state index contributed by atoms with van der Waals surface area (Å²) in [7, 11) is -4.64. The van der Waals surface area contributed by atoms with E-state index in [0.717, 1.165) is 25.1 Å². The molecular weight excluding hydrogens is 405 g/mol. The number of rotatable bonds is 7. The van der Waals surface area contributed by atoms with Crippen molar-refractivity contribution in [3.63, 3.8) is 0 Å². The van der Waals surface area contributed by atoms with E-state index in [2.05, 4.69) is 15.0 Å². The number of halogens is 3. The van der Waals surface area contributed by atoms with Gasteiger partial charge in [0.1, 0.15) is 5.82 Å². The molecule has 0 unspecified atom stereocenters. The topological polar surface area (TPSA) is 127 Å². The van der Waals surface area contributed by atoms with Gasteiger partial charge in [0.2, 0.25) is 11.6 Å². The minimum atomic E-state index is -5.28. The van der Waals surface area contributed by atoms with Gasteiger partial charge in [-0.1, -0.05) is 6.07 Å². The number of alkyl halides is 2. The fraction of sp³-hybridized carbons (Fsp3) is 0.200. The summed E-state index contributed by atoms with van der Waals surface area (Å²) in [6, 6.07) is 2.74. The van der Waals surface area contributed by atoms with Gasteiger partial charge in [0.25, 0.3) is 10.0 Å². The normalized spacial score (nSPS) is 11.4. The molecule has 0 aliphatic carbocycles. The molecule has 0 radical (unpaired) electrons. The van der Waals surface area contributed by atoms with Crippen molar-refractivity contribution >= 4 is 33.6 Å². The van der Waals surface area contributed by atoms with E-state index >= 15 is 0 Å². The van der Waals surface area contributed by atoms with Crippen molar-refractivity contribution in [2.24, 2.45) is 0 Å². The average Bonchev–Trinajstić information content (AvgIpc) is 2.65. The van der Waals surface area contributed by atoms with Gasteiger partial charge in [-0.15, -0.1) is 0 Å². The quantitative estimate of drug-likeness (QED) is 0.487. The molecule has 148 valence electrons. The predicted octanol–water partition coefficient (Wildman–Crippen LogP) is 1.25. The maximum Gasteiger partial charge on any atom is 0.355 e. The molecule has 9 nitrogen and oxygen atoms in total. The van der Waals surface area contributed by atoms with Crippen molar-refractivity contribution < 1.29 is 36.0 Å². The van der Waals surface area contributed by atoms with E-state index in [4.69, 9.17) is 0 Å². The Bertz CT molecular complexity index is 1080. The highest BCUT2D eigenvalue weighted by Gasteiger charge is 2.34. The number of hydrogen-bond acceptors (Lipinski definition) is 8. The summed E-state index contributed by atoms with van der Waals surface area (Å²) in [5, 5.41) is 0. The fourth-order valence-electron chi connectivity index (χ4n) is 2.09. The van der Waals surface area contributed by atoms with E-state index in [9.17, 15) is 36.0 Å². The Morgan fingerprint density at radius 2 is 1.75 bits per heavy atom. The van der Waals surface area contributed by atoms with Crippen molar-refractivity contribution in [2.75, 3.05) is 11.4 Å². The van der Waals surface area contributed by atoms with Crippen LogP contribution >= 0.6 is 0 Å². The molecule has 1 heterocycles. The lowest BCUT2D eigenvalue weighted by Gasteiger charge is -2.21. The van der Waals surface area contributed by atoms with E-state index in [-0.39, 0.29) is 10.6 Å². The number of hydrogen-bond donors (Lipinski definition) is 0. The van der Waals surface area contributed by atoms with Crippen molar-refractivity contribution in [3.8, 4) is 0 Å². The number of ketones is 2. The third-order valence-electron chi connectivity index (χ3n) is 3.43. The largest absolute Gasteiger partial charge is 0.355 e. The van der Waals surface area contributed by atoms with Crippen LogP contribution in [0.1, 0.15) is 44.3 Å². The summed E-state index contributed by atoms with van der Waals surface area (Å²) in [6.45, 7) is 1.05. The summed E-state index contributed by atoms with van der Waals surface area (Å²) in [6.07, 6.45) is 0.130. The molecule has 1 aromatic carbocycles. The Kier molecular flexibility index (Phi) is 5.87. The number of aromatic nitrogens is 3. The molecule has 0 saturated heterocycles. The molecule has 0 fully saturated rings. The monoisotopic (exact) mass is 416 g/mol. The van der Waals surface area contributed by atoms with Gasteiger partial charge in [-0.2, -0.15) is 8.78 Å². The second kappa shape index (κ2) is 7.80. The van der Waals surface area contributed by atoms with Crippen molar-refractivity contribution in [3.05, 3.63) is 47.1 Å². The van der Waals surface area contributed by atoms with Gasteiger partial charge in [-0.3, -0.25) is 18.7 Å². The molecule has 0 aliphatic rings. The van der Waals surface area contributed by atoms with E-state index in [0.29, 0.717) is 7.05 Å². The fourth-order valence-corrected chi connectivity index (χ4v) is 2.77. The van der Waals surface area contributed by atoms with Crippen LogP contribution < -0.4 is 4.31 Å². The number of nitrogens with zero attached hydrogens (tertiary/aromatic N) is 4. The summed E-state index contributed by atoms with van der Waals surface area (Å²) in [4.78, 5) is 45.6. The maximum atomic E-state index is 14.3. The second-order valence-corrected chi connectivity index (χ2v) is 7.19. The average molecular weight is 416 g/mol. The number of carbonyl (C=O) groups is 3. The van der Waals surface area contributed by atoms with Crippen LogP contribution in [0, 0.1) is 5.82 Å². The van der Waals surface area contributed by atoms with Crippen molar-refractivity contribution in [1.82, 2.24) is 15.0 Å². The molecule has 0 saturated carbocycles. The van der Waals surface area contributed by atoms with Crippen LogP contribution in [0.25, 0.3) is 0 Å². The van der Waals surface area contributed by atoms with Crippen LogP contribution in [0.3, 0.4) is 0 Å². The first-order valence-corrected chi connectivity index (χ1v) is 8.82. The van der Waals surface area contributed by atoms with Crippen LogP contribution in [0.15, 0.2) is 18.2 Å². The predicted molar refractivity (Wildman–Crippen MR) is 88.4 cm³/mol. The Morgan fingerprint density at radius 3 is 2.29 bits per heavy atom. The van der Waals surface area contributed by atoms with Gasteiger partial charge >= 0.3 is 5.76 Å². The lowest BCUT2D eigenvalue weighted by atomic mass is 10.1. The number of carbonyl (C=O) groups excluding carboxylic acids is 3. The van der Waals surface area contributed by atoms with E-state index < -0.39 is 61.9 Å². The zero-order valence-electron chi connectivity index (χ0n) is 14.3. The van der Waals surface area contributed by atoms with Gasteiger partial charge in [-0.25, -0.2) is 27.8 Å². The zero-order chi connectivity index (χ0) is 21.2. The first-order chi connectivity index (χ1) is 13.0. The number of Topliss-reactive ketones (excluding diaryl/α,β-unsaturated/α-hetero) is 1. The third-order valence-corrected chi connectivity index (χ3v) is 4.83. The van der Waals surface area contributed by atoms with Crippen LogP contribution in [0.4, 0.5) is 18.9 Å². The minimum absolute atomic E-state index is 0.0755. The van der Waals surface area contributed by atoms with E-state index in [1.807, 2.05) is 0 Å². The third kappa shape index (κ3) is 3.88. The molecule has 0 spiro atoms. The Hall–Kier alpha value is -3.22. The van der Waals surface area contributed by atoms with Gasteiger partial charge in [-0.05, 0) is 12.1 Å². The highest BCUT2D eigenvalue weighted by atomic mass is 32.2. The summed E-state index contributed by atoms with van der Waals surface area (Å²) in [5.74, 6) is -8.95. The minimum Gasteiger partial charge on any atom is -0.294 e. The van der Waals surface area contributed by atoms with Gasteiger partial charge in [0, 0.05) is 14.0 Å². The summed E-state index contributed by atoms with van der Waals surface area (Å²) < 4.78 is 63.2. The molecule has 2 aromatic rings. The molecule has 0 aliphatic heterocycles. The van der Waals surface area contributed by atoms with Crippen LogP contribution in [-0.2, 0) is 10.0 Å². The molecule has 0 amide bonds. The van der Waals surface area contributed by atoms with Crippen LogP contribution in [0.2, 0.25) is 0 Å². The van der Waals surface area contributed by atoms with Crippen molar-refractivity contribution in [2.45, 2.75) is 12.7 Å². The molecule has 0 bridgehead atoms. The Labute approximate surface area is 156 Å². The Morgan fingerprint density at radius 1 is 1.14 bits per heavy atom. The number of sulfonamides is 1. The second-order valence-electron chi connectivity index (χ2n) is 5.25. The first kappa shape index (κ1) is 21.1. The van der Waals surface area contributed by atoms with Gasteiger partial charge < -0.3 is 0 Å². The first-order valence-electron chi connectivity index (χ1n) is 7.32. The molecule has 13 heteroatoms. The highest BCUT2D eigenvalue weighted by molar-refractivity contribution is 7.93. The van der Waals surface area contributed by atoms with Gasteiger partial charge in [0.05, 0.1) is 11.3 Å². The molecule has 2 rings (SSSR count). The maximum absolute atomic E-state index is 14.3. The lowest BCUT2D eigenvalue weighted by molar-refractivity contribution is 0.100.